The second-order valence-electron chi connectivity index (χ2n) is 4.96. The molecule has 1 aromatic rings. The van der Waals surface area contributed by atoms with Crippen LogP contribution in [0.15, 0.2) is 22.7 Å². The van der Waals surface area contributed by atoms with Crippen LogP contribution < -0.4 is 0 Å². The molecule has 6 nitrogen and oxygen atoms in total. The van der Waals surface area contributed by atoms with Crippen LogP contribution in [0.2, 0.25) is 5.15 Å². The smallest absolute Gasteiger partial charge is 0.399 e. The Morgan fingerprint density at radius 3 is 2.65 bits per heavy atom. The first-order chi connectivity index (χ1) is 9.24. The Morgan fingerprint density at radius 2 is 2.15 bits per heavy atom. The minimum absolute atomic E-state index is 0.236. The molecule has 0 fully saturated rings. The van der Waals surface area contributed by atoms with Gasteiger partial charge in [0.2, 0.25) is 0 Å². The molecule has 0 radical (unpaired) electrons. The molecular formula is C12H15ClN2O4S. The minimum Gasteiger partial charge on any atom is -0.453 e. The molecule has 0 bridgehead atoms. The Bertz CT molecular complexity index is 625. The van der Waals surface area contributed by atoms with E-state index in [1.807, 2.05) is 0 Å². The van der Waals surface area contributed by atoms with Crippen molar-refractivity contribution in [2.45, 2.75) is 31.1 Å². The van der Waals surface area contributed by atoms with Crippen LogP contribution in [0.3, 0.4) is 0 Å². The summed E-state index contributed by atoms with van der Waals surface area (Å²) < 4.78 is 38.3. The van der Waals surface area contributed by atoms with Gasteiger partial charge >= 0.3 is 6.08 Å². The molecule has 110 valence electrons. The van der Waals surface area contributed by atoms with E-state index in [2.05, 4.69) is 9.38 Å². The fraction of sp³-hybridized carbons (Fsp3) is 0.500. The van der Waals surface area contributed by atoms with Crippen molar-refractivity contribution in [3.8, 4) is 0 Å². The summed E-state index contributed by atoms with van der Waals surface area (Å²) in [7, 11) is -2.41. The van der Waals surface area contributed by atoms with Gasteiger partial charge in [0.1, 0.15) is 16.0 Å². The van der Waals surface area contributed by atoms with E-state index in [4.69, 9.17) is 21.1 Å². The summed E-state index contributed by atoms with van der Waals surface area (Å²) in [6.45, 7) is 3.37. The molecule has 2 rings (SSSR count). The maximum atomic E-state index is 12.2. The number of nitrogens with zero attached hydrogens (tertiary/aromatic N) is 2. The lowest BCUT2D eigenvalue weighted by atomic mass is 9.98. The summed E-state index contributed by atoms with van der Waals surface area (Å²) in [5, 5.41) is -0.465. The van der Waals surface area contributed by atoms with Crippen molar-refractivity contribution in [1.82, 2.24) is 4.98 Å². The van der Waals surface area contributed by atoms with E-state index in [1.165, 1.54) is 7.11 Å². The summed E-state index contributed by atoms with van der Waals surface area (Å²) in [6.07, 6.45) is 1.55. The van der Waals surface area contributed by atoms with E-state index in [9.17, 15) is 8.42 Å². The number of halogens is 1. The normalized spacial score (nSPS) is 23.6. The van der Waals surface area contributed by atoms with Gasteiger partial charge in [-0.05, 0) is 31.9 Å². The number of hydrogen-bond acceptors (Lipinski definition) is 5. The van der Waals surface area contributed by atoms with E-state index in [-0.39, 0.29) is 12.5 Å². The highest BCUT2D eigenvalue weighted by Crippen LogP contribution is 2.30. The molecular weight excluding hydrogens is 304 g/mol. The van der Waals surface area contributed by atoms with Crippen molar-refractivity contribution in [3.63, 3.8) is 0 Å². The Labute approximate surface area is 122 Å². The van der Waals surface area contributed by atoms with Crippen LogP contribution in [0.5, 0.6) is 0 Å². The topological polar surface area (TPSA) is 77.9 Å². The van der Waals surface area contributed by atoms with Crippen LogP contribution in [0.25, 0.3) is 0 Å². The molecule has 1 aliphatic heterocycles. The number of rotatable bonds is 2. The lowest BCUT2D eigenvalue weighted by Gasteiger charge is -2.35. The number of pyridine rings is 1. The fourth-order valence-electron chi connectivity index (χ4n) is 2.01. The summed E-state index contributed by atoms with van der Waals surface area (Å²) in [6, 6.07) is 3.35. The second kappa shape index (κ2) is 5.21. The van der Waals surface area contributed by atoms with Gasteiger partial charge in [-0.3, -0.25) is 0 Å². The van der Waals surface area contributed by atoms with Crippen LogP contribution in [0.4, 0.5) is 0 Å². The monoisotopic (exact) mass is 318 g/mol. The lowest BCUT2D eigenvalue weighted by molar-refractivity contribution is 0.0445. The second-order valence-corrected chi connectivity index (χ2v) is 7.13. The zero-order valence-corrected chi connectivity index (χ0v) is 12.9. The van der Waals surface area contributed by atoms with Gasteiger partial charge < -0.3 is 9.47 Å². The SMILES string of the molecule is COC1=NS(=O)(=O)C(Cc2ccc(Cl)nc2)C(C)(C)O1. The Balaban J connectivity index is 2.34. The number of methoxy groups -OCH3 is 1. The van der Waals surface area contributed by atoms with Crippen molar-refractivity contribution in [2.75, 3.05) is 7.11 Å². The zero-order chi connectivity index (χ0) is 15.0. The molecule has 2 heterocycles. The molecule has 0 aliphatic carbocycles. The van der Waals surface area contributed by atoms with Crippen molar-refractivity contribution in [2.24, 2.45) is 4.40 Å². The van der Waals surface area contributed by atoms with Crippen LogP contribution >= 0.6 is 11.6 Å². The third-order valence-corrected chi connectivity index (χ3v) is 5.15. The van der Waals surface area contributed by atoms with Gasteiger partial charge in [0.25, 0.3) is 10.0 Å². The first-order valence-corrected chi connectivity index (χ1v) is 7.80. The van der Waals surface area contributed by atoms with Gasteiger partial charge in [0, 0.05) is 6.20 Å². The average Bonchev–Trinajstić information content (AvgIpc) is 2.35. The van der Waals surface area contributed by atoms with Gasteiger partial charge in [0.15, 0.2) is 0 Å². The van der Waals surface area contributed by atoms with E-state index >= 15 is 0 Å². The number of ether oxygens (including phenoxy) is 2. The fourth-order valence-corrected chi connectivity index (χ4v) is 3.73. The molecule has 1 atom stereocenters. The first-order valence-electron chi connectivity index (χ1n) is 5.92. The average molecular weight is 319 g/mol. The summed E-state index contributed by atoms with van der Waals surface area (Å²) in [4.78, 5) is 3.94. The largest absolute Gasteiger partial charge is 0.453 e. The van der Waals surface area contributed by atoms with Gasteiger partial charge in [-0.15, -0.1) is 0 Å². The van der Waals surface area contributed by atoms with E-state index in [1.54, 1.807) is 32.2 Å². The molecule has 1 aromatic heterocycles. The summed E-state index contributed by atoms with van der Waals surface area (Å²) >= 11 is 5.71. The predicted octanol–water partition coefficient (Wildman–Crippen LogP) is 1.79. The predicted molar refractivity (Wildman–Crippen MR) is 75.3 cm³/mol. The highest BCUT2D eigenvalue weighted by Gasteiger charge is 2.46. The van der Waals surface area contributed by atoms with Gasteiger partial charge in [0.05, 0.1) is 7.11 Å². The third kappa shape index (κ3) is 3.04. The van der Waals surface area contributed by atoms with Crippen molar-refractivity contribution in [3.05, 3.63) is 29.0 Å². The number of aromatic nitrogens is 1. The Hall–Kier alpha value is -1.34. The molecule has 0 saturated carbocycles. The molecule has 0 N–H and O–H groups in total. The van der Waals surface area contributed by atoms with Gasteiger partial charge in [-0.1, -0.05) is 22.1 Å². The molecule has 0 saturated heterocycles. The van der Waals surface area contributed by atoms with E-state index in [0.29, 0.717) is 5.15 Å². The Kier molecular flexibility index (Phi) is 3.93. The van der Waals surface area contributed by atoms with Crippen molar-refractivity contribution >= 4 is 27.7 Å². The molecule has 1 aliphatic rings. The maximum absolute atomic E-state index is 12.2. The van der Waals surface area contributed by atoms with Gasteiger partial charge in [-0.25, -0.2) is 13.4 Å². The maximum Gasteiger partial charge on any atom is 0.399 e. The summed E-state index contributed by atoms with van der Waals surface area (Å²) in [5.74, 6) is 0. The molecule has 0 aromatic carbocycles. The van der Waals surface area contributed by atoms with E-state index < -0.39 is 20.9 Å². The van der Waals surface area contributed by atoms with Crippen molar-refractivity contribution in [1.29, 1.82) is 0 Å². The molecule has 0 amide bonds. The van der Waals surface area contributed by atoms with Crippen LogP contribution in [0, 0.1) is 0 Å². The van der Waals surface area contributed by atoms with E-state index in [0.717, 1.165) is 5.56 Å². The number of sulfonamides is 1. The van der Waals surface area contributed by atoms with Gasteiger partial charge in [-0.2, -0.15) is 0 Å². The first kappa shape index (κ1) is 15.1. The third-order valence-electron chi connectivity index (χ3n) is 3.07. The summed E-state index contributed by atoms with van der Waals surface area (Å²) in [5.41, 5.74) is -0.207. The molecule has 8 heteroatoms. The Morgan fingerprint density at radius 1 is 1.45 bits per heavy atom. The van der Waals surface area contributed by atoms with Crippen LogP contribution in [-0.2, 0) is 25.9 Å². The van der Waals surface area contributed by atoms with Crippen LogP contribution in [0.1, 0.15) is 19.4 Å². The van der Waals surface area contributed by atoms with Crippen LogP contribution in [-0.4, -0.2) is 37.4 Å². The number of hydrogen-bond donors (Lipinski definition) is 0. The molecule has 20 heavy (non-hydrogen) atoms. The minimum atomic E-state index is -3.72. The molecule has 1 unspecified atom stereocenters. The lowest BCUT2D eigenvalue weighted by Crippen LogP contribution is -2.50. The highest BCUT2D eigenvalue weighted by molar-refractivity contribution is 7.91. The zero-order valence-electron chi connectivity index (χ0n) is 11.3. The standard InChI is InChI=1S/C12H15ClN2O4S/c1-12(2)9(6-8-4-5-10(13)14-7-8)20(16,17)15-11(18-3)19-12/h4-5,7,9H,6H2,1-3H3. The molecule has 0 spiro atoms. The van der Waals surface area contributed by atoms with Crippen molar-refractivity contribution < 1.29 is 17.9 Å². The quantitative estimate of drug-likeness (QED) is 0.777. The highest BCUT2D eigenvalue weighted by atomic mass is 35.5.